The van der Waals surface area contributed by atoms with E-state index in [0.717, 1.165) is 11.3 Å². The SMILES string of the molecule is COc1ccc(CN2C(=O)/C(=C/c3ccc(-c4ccccc4[N+](=O)[O-])o3)SC2=S)cc1. The number of para-hydroxylation sites is 1. The predicted octanol–water partition coefficient (Wildman–Crippen LogP) is 5.26. The molecule has 0 saturated carbocycles. The zero-order valence-electron chi connectivity index (χ0n) is 16.3. The highest BCUT2D eigenvalue weighted by molar-refractivity contribution is 8.26. The van der Waals surface area contributed by atoms with E-state index < -0.39 is 4.92 Å². The van der Waals surface area contributed by atoms with Crippen molar-refractivity contribution in [3.8, 4) is 17.1 Å². The highest BCUT2D eigenvalue weighted by Gasteiger charge is 2.32. The fourth-order valence-corrected chi connectivity index (χ4v) is 4.33. The molecule has 156 valence electrons. The third-order valence-corrected chi connectivity index (χ3v) is 6.02. The summed E-state index contributed by atoms with van der Waals surface area (Å²) in [5.74, 6) is 1.29. The first-order valence-corrected chi connectivity index (χ1v) is 10.4. The molecule has 0 aliphatic carbocycles. The lowest BCUT2D eigenvalue weighted by molar-refractivity contribution is -0.384. The molecule has 0 radical (unpaired) electrons. The number of nitro benzene ring substituents is 1. The second kappa shape index (κ2) is 8.75. The maximum Gasteiger partial charge on any atom is 0.280 e. The zero-order chi connectivity index (χ0) is 22.0. The molecule has 1 fully saturated rings. The Morgan fingerprint density at radius 1 is 1.16 bits per heavy atom. The number of carbonyl (C=O) groups excluding carboxylic acids is 1. The molecular weight excluding hydrogens is 436 g/mol. The number of methoxy groups -OCH3 is 1. The number of hydrogen-bond donors (Lipinski definition) is 0. The van der Waals surface area contributed by atoms with Gasteiger partial charge in [-0.2, -0.15) is 0 Å². The molecule has 4 rings (SSSR count). The Hall–Kier alpha value is -3.43. The number of rotatable bonds is 6. The van der Waals surface area contributed by atoms with Crippen molar-refractivity contribution in [2.45, 2.75) is 6.54 Å². The minimum Gasteiger partial charge on any atom is -0.497 e. The topological polar surface area (TPSA) is 85.8 Å². The molecule has 0 atom stereocenters. The standard InChI is InChI=1S/C22H16N2O5S2/c1-28-15-8-6-14(7-9-15)13-23-21(25)20(31-22(23)30)12-16-10-11-19(29-16)17-4-2-3-5-18(17)24(26)27/h2-12H,13H2,1H3/b20-12-. The van der Waals surface area contributed by atoms with Crippen LogP contribution in [-0.2, 0) is 11.3 Å². The molecule has 0 unspecified atom stereocenters. The molecule has 1 amide bonds. The van der Waals surface area contributed by atoms with E-state index in [0.29, 0.717) is 32.9 Å². The molecule has 31 heavy (non-hydrogen) atoms. The van der Waals surface area contributed by atoms with Crippen molar-refractivity contribution in [3.05, 3.63) is 87.0 Å². The van der Waals surface area contributed by atoms with E-state index in [2.05, 4.69) is 0 Å². The lowest BCUT2D eigenvalue weighted by Gasteiger charge is -2.14. The summed E-state index contributed by atoms with van der Waals surface area (Å²) in [6.07, 6.45) is 1.60. The van der Waals surface area contributed by atoms with Crippen LogP contribution in [0.2, 0.25) is 0 Å². The molecule has 1 saturated heterocycles. The van der Waals surface area contributed by atoms with E-state index in [4.69, 9.17) is 21.4 Å². The maximum absolute atomic E-state index is 12.9. The Labute approximate surface area is 187 Å². The van der Waals surface area contributed by atoms with Crippen molar-refractivity contribution in [2.24, 2.45) is 0 Å². The molecule has 0 spiro atoms. The van der Waals surface area contributed by atoms with Gasteiger partial charge in [-0.1, -0.05) is 48.2 Å². The van der Waals surface area contributed by atoms with Crippen LogP contribution in [0.1, 0.15) is 11.3 Å². The minimum atomic E-state index is -0.457. The van der Waals surface area contributed by atoms with Crippen molar-refractivity contribution in [1.29, 1.82) is 0 Å². The molecule has 0 N–H and O–H groups in total. The zero-order valence-corrected chi connectivity index (χ0v) is 17.9. The number of nitrogens with zero attached hydrogens (tertiary/aromatic N) is 2. The van der Waals surface area contributed by atoms with E-state index >= 15 is 0 Å². The van der Waals surface area contributed by atoms with Crippen LogP contribution in [0, 0.1) is 10.1 Å². The second-order valence-corrected chi connectivity index (χ2v) is 8.27. The first-order chi connectivity index (χ1) is 15.0. The average molecular weight is 453 g/mol. The monoisotopic (exact) mass is 452 g/mol. The highest BCUT2D eigenvalue weighted by atomic mass is 32.2. The predicted molar refractivity (Wildman–Crippen MR) is 123 cm³/mol. The van der Waals surface area contributed by atoms with Crippen LogP contribution in [0.15, 0.2) is 70.0 Å². The number of carbonyl (C=O) groups is 1. The number of hydrogen-bond acceptors (Lipinski definition) is 7. The van der Waals surface area contributed by atoms with Gasteiger partial charge in [0.15, 0.2) is 0 Å². The summed E-state index contributed by atoms with van der Waals surface area (Å²) in [6.45, 7) is 0.353. The van der Waals surface area contributed by atoms with Crippen molar-refractivity contribution in [1.82, 2.24) is 4.90 Å². The first-order valence-electron chi connectivity index (χ1n) is 9.18. The van der Waals surface area contributed by atoms with Crippen LogP contribution in [0.3, 0.4) is 0 Å². The van der Waals surface area contributed by atoms with Crippen LogP contribution in [0.5, 0.6) is 5.75 Å². The van der Waals surface area contributed by atoms with E-state index in [1.165, 1.54) is 22.7 Å². The highest BCUT2D eigenvalue weighted by Crippen LogP contribution is 2.36. The molecule has 1 aliphatic heterocycles. The molecule has 0 bridgehead atoms. The Bertz CT molecular complexity index is 1200. The van der Waals surface area contributed by atoms with Crippen LogP contribution >= 0.6 is 24.0 Å². The van der Waals surface area contributed by atoms with Gasteiger partial charge in [0.05, 0.1) is 29.0 Å². The van der Waals surface area contributed by atoms with Crippen LogP contribution in [-0.4, -0.2) is 27.2 Å². The smallest absolute Gasteiger partial charge is 0.280 e. The lowest BCUT2D eigenvalue weighted by Crippen LogP contribution is -2.27. The van der Waals surface area contributed by atoms with E-state index in [-0.39, 0.29) is 11.6 Å². The summed E-state index contributed by atoms with van der Waals surface area (Å²) in [4.78, 5) is 25.6. The maximum atomic E-state index is 12.9. The fraction of sp³-hybridized carbons (Fsp3) is 0.0909. The minimum absolute atomic E-state index is 0.0470. The van der Waals surface area contributed by atoms with Crippen LogP contribution in [0.25, 0.3) is 17.4 Å². The summed E-state index contributed by atoms with van der Waals surface area (Å²) in [5.41, 5.74) is 1.25. The fourth-order valence-electron chi connectivity index (χ4n) is 3.10. The van der Waals surface area contributed by atoms with Gasteiger partial charge in [0, 0.05) is 12.1 Å². The molecule has 9 heteroatoms. The van der Waals surface area contributed by atoms with Crippen molar-refractivity contribution in [2.75, 3.05) is 7.11 Å². The molecule has 1 aromatic heterocycles. The number of benzene rings is 2. The summed E-state index contributed by atoms with van der Waals surface area (Å²) >= 11 is 6.58. The number of thiocarbonyl (C=S) groups is 1. The van der Waals surface area contributed by atoms with Gasteiger partial charge >= 0.3 is 0 Å². The van der Waals surface area contributed by atoms with Crippen molar-refractivity contribution in [3.63, 3.8) is 0 Å². The Balaban J connectivity index is 1.54. The number of furan rings is 1. The average Bonchev–Trinajstić information content (AvgIpc) is 3.34. The van der Waals surface area contributed by atoms with Gasteiger partial charge < -0.3 is 9.15 Å². The third kappa shape index (κ3) is 4.37. The molecule has 3 aromatic rings. The van der Waals surface area contributed by atoms with Gasteiger partial charge in [-0.05, 0) is 35.9 Å². The molecule has 7 nitrogen and oxygen atoms in total. The van der Waals surface area contributed by atoms with Crippen LogP contribution < -0.4 is 4.74 Å². The van der Waals surface area contributed by atoms with E-state index in [1.807, 2.05) is 24.3 Å². The number of thioether (sulfide) groups is 1. The Morgan fingerprint density at radius 3 is 2.61 bits per heavy atom. The van der Waals surface area contributed by atoms with Gasteiger partial charge in [-0.15, -0.1) is 0 Å². The summed E-state index contributed by atoms with van der Waals surface area (Å²) in [7, 11) is 1.60. The number of nitro groups is 1. The normalized spacial score (nSPS) is 15.0. The van der Waals surface area contributed by atoms with Crippen LogP contribution in [0.4, 0.5) is 5.69 Å². The van der Waals surface area contributed by atoms with E-state index in [1.54, 1.807) is 43.5 Å². The van der Waals surface area contributed by atoms with E-state index in [9.17, 15) is 14.9 Å². The van der Waals surface area contributed by atoms with Gasteiger partial charge in [0.25, 0.3) is 11.6 Å². The summed E-state index contributed by atoms with van der Waals surface area (Å²) in [6, 6.07) is 17.1. The summed E-state index contributed by atoms with van der Waals surface area (Å²) < 4.78 is 11.4. The van der Waals surface area contributed by atoms with Gasteiger partial charge in [-0.25, -0.2) is 0 Å². The van der Waals surface area contributed by atoms with Gasteiger partial charge in [0.2, 0.25) is 0 Å². The lowest BCUT2D eigenvalue weighted by atomic mass is 10.1. The third-order valence-electron chi connectivity index (χ3n) is 4.64. The Morgan fingerprint density at radius 2 is 1.90 bits per heavy atom. The molecule has 2 aromatic carbocycles. The van der Waals surface area contributed by atoms with Crippen molar-refractivity contribution < 1.29 is 18.9 Å². The second-order valence-electron chi connectivity index (χ2n) is 6.59. The van der Waals surface area contributed by atoms with Gasteiger partial charge in [-0.3, -0.25) is 19.8 Å². The van der Waals surface area contributed by atoms with Gasteiger partial charge in [0.1, 0.15) is 21.6 Å². The molecular formula is C22H16N2O5S2. The molecule has 2 heterocycles. The molecule has 1 aliphatic rings. The number of ether oxygens (including phenoxy) is 1. The first kappa shape index (κ1) is 20.8. The Kier molecular flexibility index (Phi) is 5.88. The quantitative estimate of drug-likeness (QED) is 0.218. The summed E-state index contributed by atoms with van der Waals surface area (Å²) in [5, 5.41) is 11.3. The van der Waals surface area contributed by atoms with Crippen molar-refractivity contribution >= 4 is 46.0 Å². The largest absolute Gasteiger partial charge is 0.497 e. The number of amides is 1.